The van der Waals surface area contributed by atoms with Gasteiger partial charge in [0.05, 0.1) is 23.5 Å². The lowest BCUT2D eigenvalue weighted by molar-refractivity contribution is -0.185. The van der Waals surface area contributed by atoms with Crippen LogP contribution in [0.5, 0.6) is 0 Å². The number of carbonyl (C=O) groups is 1. The molecule has 2 aliphatic heterocycles. The van der Waals surface area contributed by atoms with Gasteiger partial charge in [0.25, 0.3) is 0 Å². The molecule has 1 atom stereocenters. The summed E-state index contributed by atoms with van der Waals surface area (Å²) in [7, 11) is 0. The van der Waals surface area contributed by atoms with E-state index in [-0.39, 0.29) is 23.4 Å². The summed E-state index contributed by atoms with van der Waals surface area (Å²) < 4.78 is 18.6. The molecule has 1 spiro atoms. The number of hydrogen-bond acceptors (Lipinski definition) is 8. The number of nitrogens with zero attached hydrogens (tertiary/aromatic N) is 2. The molecule has 224 valence electrons. The van der Waals surface area contributed by atoms with Gasteiger partial charge in [0.1, 0.15) is 12.2 Å². The summed E-state index contributed by atoms with van der Waals surface area (Å²) in [6, 6.07) is 4.69. The van der Waals surface area contributed by atoms with Crippen molar-refractivity contribution in [3.8, 4) is 12.1 Å². The Morgan fingerprint density at radius 2 is 1.29 bits per heavy atom. The molecule has 0 radical (unpaired) electrons. The summed E-state index contributed by atoms with van der Waals surface area (Å²) in [5.41, 5.74) is 0.238. The maximum Gasteiger partial charge on any atom is 0.350 e. The van der Waals surface area contributed by atoms with E-state index in [0.717, 1.165) is 92.3 Å². The van der Waals surface area contributed by atoms with E-state index in [2.05, 4.69) is 12.1 Å². The van der Waals surface area contributed by atoms with Gasteiger partial charge in [-0.05, 0) is 119 Å². The number of esters is 1. The Balaban J connectivity index is 0.936. The monoisotopic (exact) mass is 598 g/mol. The highest BCUT2D eigenvalue weighted by Gasteiger charge is 2.43. The summed E-state index contributed by atoms with van der Waals surface area (Å²) >= 11 is 3.46. The van der Waals surface area contributed by atoms with Gasteiger partial charge in [-0.1, -0.05) is 0 Å². The lowest BCUT2D eigenvalue weighted by Crippen LogP contribution is -2.38. The van der Waals surface area contributed by atoms with Gasteiger partial charge >= 0.3 is 5.97 Å². The molecule has 41 heavy (non-hydrogen) atoms. The van der Waals surface area contributed by atoms with Crippen molar-refractivity contribution in [1.29, 1.82) is 10.5 Å². The Bertz CT molecular complexity index is 1030. The van der Waals surface area contributed by atoms with Crippen LogP contribution in [0.4, 0.5) is 0 Å². The zero-order valence-corrected chi connectivity index (χ0v) is 26.0. The van der Waals surface area contributed by atoms with Gasteiger partial charge < -0.3 is 14.2 Å². The van der Waals surface area contributed by atoms with Crippen LogP contribution in [-0.2, 0) is 19.0 Å². The molecular formula is C33H46N2O4S2. The largest absolute Gasteiger partial charge is 0.458 e. The summed E-state index contributed by atoms with van der Waals surface area (Å²) in [6.07, 6.45) is 18.0. The fourth-order valence-corrected chi connectivity index (χ4v) is 12.0. The molecule has 0 aromatic heterocycles. The predicted octanol–water partition coefficient (Wildman–Crippen LogP) is 7.74. The Morgan fingerprint density at radius 1 is 0.756 bits per heavy atom. The van der Waals surface area contributed by atoms with Gasteiger partial charge in [-0.2, -0.15) is 10.5 Å². The third-order valence-corrected chi connectivity index (χ3v) is 14.5. The number of hydrogen-bond donors (Lipinski definition) is 0. The summed E-state index contributed by atoms with van der Waals surface area (Å²) in [6.45, 7) is 1.46. The van der Waals surface area contributed by atoms with Gasteiger partial charge in [0.2, 0.25) is 0 Å². The fourth-order valence-electron chi connectivity index (χ4n) is 8.83. The number of ether oxygens (including phenoxy) is 3. The van der Waals surface area contributed by atoms with Crippen molar-refractivity contribution < 1.29 is 19.0 Å². The molecule has 2 heterocycles. The zero-order valence-electron chi connectivity index (χ0n) is 24.4. The first-order valence-electron chi connectivity index (χ1n) is 16.4. The molecule has 0 bridgehead atoms. The normalized spacial score (nSPS) is 39.1. The van der Waals surface area contributed by atoms with Crippen molar-refractivity contribution in [2.45, 2.75) is 120 Å². The molecule has 1 unspecified atom stereocenters. The Morgan fingerprint density at radius 3 is 1.88 bits per heavy atom. The number of nitriles is 2. The molecule has 4 saturated carbocycles. The summed E-state index contributed by atoms with van der Waals surface area (Å²) in [4.78, 5) is 13.1. The second-order valence-electron chi connectivity index (χ2n) is 13.5. The van der Waals surface area contributed by atoms with Crippen LogP contribution in [0.15, 0.2) is 9.81 Å². The molecule has 8 heteroatoms. The molecule has 6 fully saturated rings. The van der Waals surface area contributed by atoms with E-state index in [4.69, 9.17) is 14.2 Å². The Labute approximate surface area is 254 Å². The number of carbonyl (C=O) groups excluding carboxylic acids is 1. The minimum absolute atomic E-state index is 0.0650. The third kappa shape index (κ3) is 6.98. The van der Waals surface area contributed by atoms with E-state index in [9.17, 15) is 15.3 Å². The van der Waals surface area contributed by atoms with Crippen LogP contribution in [0.1, 0.15) is 103 Å². The molecule has 0 aromatic carbocycles. The van der Waals surface area contributed by atoms with Crippen LogP contribution in [0.3, 0.4) is 0 Å². The highest BCUT2D eigenvalue weighted by Crippen LogP contribution is 2.51. The van der Waals surface area contributed by atoms with Gasteiger partial charge in [-0.3, -0.25) is 0 Å². The summed E-state index contributed by atoms with van der Waals surface area (Å²) in [5, 5.41) is 19.6. The molecule has 0 N–H and O–H groups in total. The molecule has 0 amide bonds. The van der Waals surface area contributed by atoms with Crippen LogP contribution >= 0.6 is 23.5 Å². The van der Waals surface area contributed by atoms with Crippen LogP contribution in [0, 0.1) is 58.2 Å². The minimum atomic E-state index is -0.404. The number of thioether (sulfide) groups is 2. The van der Waals surface area contributed by atoms with E-state index in [1.165, 1.54) is 51.4 Å². The van der Waals surface area contributed by atoms with Crippen molar-refractivity contribution in [3.05, 3.63) is 9.81 Å². The Hall–Kier alpha value is -1.19. The molecule has 6 rings (SSSR count). The van der Waals surface area contributed by atoms with E-state index in [0.29, 0.717) is 17.1 Å². The van der Waals surface area contributed by atoms with Crippen molar-refractivity contribution >= 4 is 29.5 Å². The zero-order chi connectivity index (χ0) is 28.2. The predicted molar refractivity (Wildman–Crippen MR) is 161 cm³/mol. The quantitative estimate of drug-likeness (QED) is 0.180. The average Bonchev–Trinajstić information content (AvgIpc) is 3.69. The maximum atomic E-state index is 13.1. The highest BCUT2D eigenvalue weighted by atomic mass is 32.2. The maximum absolute atomic E-state index is 13.1. The standard InChI is InChI=1S/C33H46N2O4S2/c34-19-22-1-3-23(4-2-22)24-5-7-27(8-6-24)30-21-40-32(41-30)29(20-35)31(36)39-28-11-9-25(10-12-28)26-13-15-33(16-14-26)37-17-18-38-33/h22-28,30H,1-18,21H2/b32-29+. The van der Waals surface area contributed by atoms with Gasteiger partial charge in [-0.25, -0.2) is 4.79 Å². The molecule has 4 aliphatic carbocycles. The van der Waals surface area contributed by atoms with E-state index >= 15 is 0 Å². The third-order valence-electron chi connectivity index (χ3n) is 11.4. The first-order chi connectivity index (χ1) is 20.1. The molecular weight excluding hydrogens is 553 g/mol. The van der Waals surface area contributed by atoms with Crippen molar-refractivity contribution in [3.63, 3.8) is 0 Å². The van der Waals surface area contributed by atoms with Gasteiger partial charge in [0, 0.05) is 29.8 Å². The van der Waals surface area contributed by atoms with Crippen molar-refractivity contribution in [1.82, 2.24) is 0 Å². The number of rotatable bonds is 5. The fraction of sp³-hybridized carbons (Fsp3) is 0.848. The average molecular weight is 599 g/mol. The van der Waals surface area contributed by atoms with Gasteiger partial charge in [-0.15, -0.1) is 23.5 Å². The van der Waals surface area contributed by atoms with Crippen molar-refractivity contribution in [2.24, 2.45) is 35.5 Å². The second kappa shape index (κ2) is 13.6. The van der Waals surface area contributed by atoms with E-state index in [1.54, 1.807) is 23.5 Å². The molecule has 6 nitrogen and oxygen atoms in total. The van der Waals surface area contributed by atoms with Crippen LogP contribution in [-0.4, -0.2) is 42.1 Å². The minimum Gasteiger partial charge on any atom is -0.458 e. The van der Waals surface area contributed by atoms with E-state index < -0.39 is 5.97 Å². The van der Waals surface area contributed by atoms with Gasteiger partial charge in [0.15, 0.2) is 11.4 Å². The van der Waals surface area contributed by atoms with Crippen LogP contribution < -0.4 is 0 Å². The highest BCUT2D eigenvalue weighted by molar-refractivity contribution is 8.25. The van der Waals surface area contributed by atoms with Crippen molar-refractivity contribution in [2.75, 3.05) is 19.0 Å². The molecule has 6 aliphatic rings. The first kappa shape index (κ1) is 29.9. The molecule has 2 saturated heterocycles. The molecule has 0 aromatic rings. The van der Waals surface area contributed by atoms with E-state index in [1.807, 2.05) is 0 Å². The second-order valence-corrected chi connectivity index (χ2v) is 16.1. The lowest BCUT2D eigenvalue weighted by atomic mass is 9.69. The lowest BCUT2D eigenvalue weighted by Gasteiger charge is -2.40. The summed E-state index contributed by atoms with van der Waals surface area (Å²) in [5.74, 6) is 4.30. The van der Waals surface area contributed by atoms with Crippen LogP contribution in [0.2, 0.25) is 0 Å². The SMILES string of the molecule is N#C/C(C(=O)OC1CCC(C2CCC3(CC2)OCCO3)CC1)=C1/SCC(C2CCC(C3CCC(C#N)CC3)CC2)S1. The topological polar surface area (TPSA) is 92.3 Å². The van der Waals surface area contributed by atoms with Crippen LogP contribution in [0.25, 0.3) is 0 Å². The first-order valence-corrected chi connectivity index (χ1v) is 18.2. The smallest absolute Gasteiger partial charge is 0.350 e. The Kier molecular flexibility index (Phi) is 9.92.